The molecule has 0 radical (unpaired) electrons. The smallest absolute Gasteiger partial charge is 0.303 e. The number of hydrogen-bond acceptors (Lipinski definition) is 2. The maximum atomic E-state index is 10.7. The molecule has 1 N–H and O–H groups in total. The number of rotatable bonds is 7. The van der Waals surface area contributed by atoms with Gasteiger partial charge in [0, 0.05) is 29.7 Å². The number of nitrogens with zero attached hydrogens (tertiary/aromatic N) is 1. The third-order valence-corrected chi connectivity index (χ3v) is 3.70. The standard InChI is InChI=1S/C17H18BrNO2/c18-15-7-4-6-14(12-15)13-19(11-5-10-17(20)21)16-8-2-1-3-9-16/h1-4,6-9,12H,5,10-11,13H2,(H,20,21). The van der Waals surface area contributed by atoms with Crippen molar-refractivity contribution in [3.8, 4) is 0 Å². The minimum atomic E-state index is -0.745. The van der Waals surface area contributed by atoms with Crippen molar-refractivity contribution in [3.63, 3.8) is 0 Å². The maximum absolute atomic E-state index is 10.7. The summed E-state index contributed by atoms with van der Waals surface area (Å²) < 4.78 is 1.05. The van der Waals surface area contributed by atoms with E-state index in [-0.39, 0.29) is 6.42 Å². The number of para-hydroxylation sites is 1. The second-order valence-corrected chi connectivity index (χ2v) is 5.80. The molecule has 0 aromatic heterocycles. The molecule has 2 aromatic rings. The van der Waals surface area contributed by atoms with Crippen LogP contribution in [0.2, 0.25) is 0 Å². The first kappa shape index (κ1) is 15.6. The lowest BCUT2D eigenvalue weighted by Gasteiger charge is -2.25. The van der Waals surface area contributed by atoms with Gasteiger partial charge in [-0.05, 0) is 36.2 Å². The highest BCUT2D eigenvalue weighted by atomic mass is 79.9. The van der Waals surface area contributed by atoms with Crippen molar-refractivity contribution in [3.05, 3.63) is 64.6 Å². The van der Waals surface area contributed by atoms with Gasteiger partial charge in [-0.2, -0.15) is 0 Å². The molecule has 0 spiro atoms. The molecule has 110 valence electrons. The molecule has 0 aliphatic carbocycles. The van der Waals surface area contributed by atoms with E-state index in [0.717, 1.165) is 23.2 Å². The number of benzene rings is 2. The third-order valence-electron chi connectivity index (χ3n) is 3.20. The highest BCUT2D eigenvalue weighted by Gasteiger charge is 2.08. The number of halogens is 1. The quantitative estimate of drug-likeness (QED) is 0.810. The van der Waals surface area contributed by atoms with Gasteiger partial charge < -0.3 is 10.0 Å². The topological polar surface area (TPSA) is 40.5 Å². The molecule has 0 saturated heterocycles. The van der Waals surface area contributed by atoms with Gasteiger partial charge in [0.1, 0.15) is 0 Å². The number of hydrogen-bond donors (Lipinski definition) is 1. The van der Waals surface area contributed by atoms with Crippen molar-refractivity contribution in [2.45, 2.75) is 19.4 Å². The highest BCUT2D eigenvalue weighted by Crippen LogP contribution is 2.19. The van der Waals surface area contributed by atoms with Crippen LogP contribution in [0.1, 0.15) is 18.4 Å². The van der Waals surface area contributed by atoms with Crippen LogP contribution in [0.3, 0.4) is 0 Å². The summed E-state index contributed by atoms with van der Waals surface area (Å²) in [6.45, 7) is 1.49. The van der Waals surface area contributed by atoms with Crippen molar-refractivity contribution in [1.29, 1.82) is 0 Å². The fourth-order valence-electron chi connectivity index (χ4n) is 2.22. The van der Waals surface area contributed by atoms with Gasteiger partial charge in [0.15, 0.2) is 0 Å². The summed E-state index contributed by atoms with van der Waals surface area (Å²) in [4.78, 5) is 12.9. The molecule has 0 unspecified atom stereocenters. The maximum Gasteiger partial charge on any atom is 0.303 e. The van der Waals surface area contributed by atoms with Gasteiger partial charge in [-0.15, -0.1) is 0 Å². The van der Waals surface area contributed by atoms with E-state index in [1.807, 2.05) is 30.3 Å². The lowest BCUT2D eigenvalue weighted by molar-refractivity contribution is -0.137. The second kappa shape index (κ2) is 7.84. The minimum Gasteiger partial charge on any atom is -0.481 e. The molecule has 0 fully saturated rings. The van der Waals surface area contributed by atoms with Gasteiger partial charge in [0.05, 0.1) is 0 Å². The Labute approximate surface area is 133 Å². The average molecular weight is 348 g/mol. The molecule has 0 aliphatic rings. The summed E-state index contributed by atoms with van der Waals surface area (Å²) in [7, 11) is 0. The monoisotopic (exact) mass is 347 g/mol. The summed E-state index contributed by atoms with van der Waals surface area (Å²) in [6.07, 6.45) is 0.833. The van der Waals surface area contributed by atoms with Gasteiger partial charge in [0.2, 0.25) is 0 Å². The average Bonchev–Trinajstić information content (AvgIpc) is 2.47. The van der Waals surface area contributed by atoms with Gasteiger partial charge in [0.25, 0.3) is 0 Å². The lowest BCUT2D eigenvalue weighted by atomic mass is 10.1. The zero-order chi connectivity index (χ0) is 15.1. The van der Waals surface area contributed by atoms with Crippen LogP contribution in [0, 0.1) is 0 Å². The number of carbonyl (C=O) groups is 1. The molecular weight excluding hydrogens is 330 g/mol. The summed E-state index contributed by atoms with van der Waals surface area (Å²) in [5.74, 6) is -0.745. The summed E-state index contributed by atoms with van der Waals surface area (Å²) >= 11 is 3.48. The fraction of sp³-hybridized carbons (Fsp3) is 0.235. The highest BCUT2D eigenvalue weighted by molar-refractivity contribution is 9.10. The Kier molecular flexibility index (Phi) is 5.81. The molecule has 0 atom stereocenters. The van der Waals surface area contributed by atoms with E-state index < -0.39 is 5.97 Å². The molecule has 3 nitrogen and oxygen atoms in total. The van der Waals surface area contributed by atoms with Crippen LogP contribution in [0.4, 0.5) is 5.69 Å². The number of carboxylic acids is 1. The Hall–Kier alpha value is -1.81. The Morgan fingerprint density at radius 3 is 2.52 bits per heavy atom. The van der Waals surface area contributed by atoms with Gasteiger partial charge in [-0.25, -0.2) is 0 Å². The van der Waals surface area contributed by atoms with Crippen molar-refractivity contribution in [2.24, 2.45) is 0 Å². The predicted octanol–water partition coefficient (Wildman–Crippen LogP) is 4.32. The molecule has 0 bridgehead atoms. The number of anilines is 1. The molecule has 2 aromatic carbocycles. The first-order chi connectivity index (χ1) is 10.1. The van der Waals surface area contributed by atoms with E-state index in [9.17, 15) is 4.79 Å². The molecule has 4 heteroatoms. The van der Waals surface area contributed by atoms with Crippen molar-refractivity contribution in [1.82, 2.24) is 0 Å². The largest absolute Gasteiger partial charge is 0.481 e. The van der Waals surface area contributed by atoms with Gasteiger partial charge in [-0.3, -0.25) is 4.79 Å². The third kappa shape index (κ3) is 5.23. The van der Waals surface area contributed by atoms with Crippen LogP contribution in [0.5, 0.6) is 0 Å². The molecule has 2 rings (SSSR count). The molecular formula is C17H18BrNO2. The summed E-state index contributed by atoms with van der Waals surface area (Å²) in [5, 5.41) is 8.80. The minimum absolute atomic E-state index is 0.196. The van der Waals surface area contributed by atoms with Crippen LogP contribution in [0.15, 0.2) is 59.1 Å². The fourth-order valence-corrected chi connectivity index (χ4v) is 2.66. The van der Waals surface area contributed by atoms with E-state index in [2.05, 4.69) is 45.1 Å². The van der Waals surface area contributed by atoms with Crippen LogP contribution >= 0.6 is 15.9 Å². The predicted molar refractivity (Wildman–Crippen MR) is 88.5 cm³/mol. The number of aliphatic carboxylic acids is 1. The van der Waals surface area contributed by atoms with Crippen LogP contribution in [-0.2, 0) is 11.3 Å². The van der Waals surface area contributed by atoms with Crippen molar-refractivity contribution < 1.29 is 9.90 Å². The first-order valence-corrected chi connectivity index (χ1v) is 7.70. The second-order valence-electron chi connectivity index (χ2n) is 4.88. The molecule has 21 heavy (non-hydrogen) atoms. The molecule has 0 saturated carbocycles. The Balaban J connectivity index is 2.10. The SMILES string of the molecule is O=C(O)CCCN(Cc1cccc(Br)c1)c1ccccc1. The first-order valence-electron chi connectivity index (χ1n) is 6.91. The summed E-state index contributed by atoms with van der Waals surface area (Å²) in [6, 6.07) is 18.3. The van der Waals surface area contributed by atoms with Gasteiger partial charge >= 0.3 is 5.97 Å². The molecule has 0 heterocycles. The Morgan fingerprint density at radius 2 is 1.86 bits per heavy atom. The van der Waals surface area contributed by atoms with E-state index >= 15 is 0 Å². The van der Waals surface area contributed by atoms with Crippen LogP contribution < -0.4 is 4.90 Å². The van der Waals surface area contributed by atoms with E-state index in [1.165, 1.54) is 5.56 Å². The van der Waals surface area contributed by atoms with Crippen molar-refractivity contribution >= 4 is 27.6 Å². The zero-order valence-electron chi connectivity index (χ0n) is 11.7. The Morgan fingerprint density at radius 1 is 1.10 bits per heavy atom. The zero-order valence-corrected chi connectivity index (χ0v) is 13.3. The van der Waals surface area contributed by atoms with Gasteiger partial charge in [-0.1, -0.05) is 46.3 Å². The van der Waals surface area contributed by atoms with E-state index in [4.69, 9.17) is 5.11 Å². The van der Waals surface area contributed by atoms with Crippen LogP contribution in [-0.4, -0.2) is 17.6 Å². The van der Waals surface area contributed by atoms with E-state index in [0.29, 0.717) is 6.42 Å². The van der Waals surface area contributed by atoms with E-state index in [1.54, 1.807) is 0 Å². The number of carboxylic acid groups (broad SMARTS) is 1. The van der Waals surface area contributed by atoms with Crippen LogP contribution in [0.25, 0.3) is 0 Å². The normalized spacial score (nSPS) is 10.3. The Bertz CT molecular complexity index is 586. The lowest BCUT2D eigenvalue weighted by Crippen LogP contribution is -2.24. The summed E-state index contributed by atoms with van der Waals surface area (Å²) in [5.41, 5.74) is 2.31. The van der Waals surface area contributed by atoms with Crippen molar-refractivity contribution in [2.75, 3.05) is 11.4 Å². The molecule has 0 amide bonds. The molecule has 0 aliphatic heterocycles.